The van der Waals surface area contributed by atoms with Crippen molar-refractivity contribution >= 4 is 21.6 Å². The zero-order valence-corrected chi connectivity index (χ0v) is 18.6. The molecule has 2 rings (SSSR count). The fourth-order valence-corrected chi connectivity index (χ4v) is 4.78. The summed E-state index contributed by atoms with van der Waals surface area (Å²) in [4.78, 5) is 17.3. The number of hydrogen-bond donors (Lipinski definition) is 1. The van der Waals surface area contributed by atoms with E-state index in [-0.39, 0.29) is 5.91 Å². The molecule has 1 heterocycles. The Morgan fingerprint density at radius 2 is 1.71 bits per heavy atom. The minimum Gasteiger partial charge on any atom is -0.354 e. The monoisotopic (exact) mass is 410 g/mol. The van der Waals surface area contributed by atoms with Crippen molar-refractivity contribution in [1.29, 1.82) is 0 Å². The maximum atomic E-state index is 12.6. The second-order valence-electron chi connectivity index (χ2n) is 7.87. The van der Waals surface area contributed by atoms with E-state index in [9.17, 15) is 13.2 Å². The first-order valence-corrected chi connectivity index (χ1v) is 11.7. The number of sulfonamides is 1. The molecule has 0 aromatic heterocycles. The van der Waals surface area contributed by atoms with E-state index in [1.165, 1.54) is 4.31 Å². The molecule has 1 saturated heterocycles. The minimum atomic E-state index is -3.59. The molecule has 1 atom stereocenters. The van der Waals surface area contributed by atoms with Gasteiger partial charge in [0, 0.05) is 32.7 Å². The Balaban J connectivity index is 1.94. The average Bonchev–Trinajstić information content (AvgIpc) is 2.58. The first-order chi connectivity index (χ1) is 13.1. The molecule has 1 aliphatic rings. The first kappa shape index (κ1) is 22.6. The number of carbonyl (C=O) groups excluding carboxylic acids is 1. The van der Waals surface area contributed by atoms with Crippen LogP contribution in [0.25, 0.3) is 0 Å². The lowest BCUT2D eigenvalue weighted by atomic mass is 10.1. The van der Waals surface area contributed by atoms with Crippen molar-refractivity contribution < 1.29 is 13.2 Å². The number of nitrogens with zero attached hydrogens (tertiary/aromatic N) is 3. The Hall–Kier alpha value is -1.64. The Morgan fingerprint density at radius 1 is 1.14 bits per heavy atom. The number of carbonyl (C=O) groups is 1. The molecule has 28 heavy (non-hydrogen) atoms. The van der Waals surface area contributed by atoms with Crippen LogP contribution in [-0.4, -0.2) is 82.7 Å². The average molecular weight is 411 g/mol. The topological polar surface area (TPSA) is 73.0 Å². The molecule has 1 aromatic carbocycles. The van der Waals surface area contributed by atoms with Crippen LogP contribution in [0, 0.1) is 13.8 Å². The summed E-state index contributed by atoms with van der Waals surface area (Å²) in [6, 6.07) is 4.77. The van der Waals surface area contributed by atoms with Gasteiger partial charge in [0.05, 0.1) is 11.9 Å². The van der Waals surface area contributed by atoms with E-state index >= 15 is 0 Å². The van der Waals surface area contributed by atoms with E-state index in [1.807, 2.05) is 19.9 Å². The minimum absolute atomic E-state index is 0.275. The Morgan fingerprint density at radius 3 is 2.25 bits per heavy atom. The third-order valence-corrected chi connectivity index (χ3v) is 6.34. The fourth-order valence-electron chi connectivity index (χ4n) is 3.62. The number of amides is 1. The van der Waals surface area contributed by atoms with Crippen molar-refractivity contribution in [1.82, 2.24) is 15.1 Å². The second kappa shape index (κ2) is 9.71. The molecule has 8 heteroatoms. The van der Waals surface area contributed by atoms with Gasteiger partial charge >= 0.3 is 0 Å². The number of piperazine rings is 1. The highest BCUT2D eigenvalue weighted by Gasteiger charge is 2.29. The standard InChI is InChI=1S/C20H34N4O3S/c1-16-13-17(2)15-19(14-16)24(28(5,26)27)18(3)20(25)21-7-6-8-23-11-9-22(4)10-12-23/h13-15,18H,6-12H2,1-5H3,(H,21,25). The van der Waals surface area contributed by atoms with E-state index in [0.29, 0.717) is 12.2 Å². The number of likely N-dealkylation sites (N-methyl/N-ethyl adjacent to an activating group) is 1. The number of nitrogens with one attached hydrogen (secondary N) is 1. The molecule has 0 bridgehead atoms. The van der Waals surface area contributed by atoms with Gasteiger partial charge in [-0.05, 0) is 64.0 Å². The van der Waals surface area contributed by atoms with Gasteiger partial charge in [0.15, 0.2) is 0 Å². The van der Waals surface area contributed by atoms with Crippen LogP contribution in [0.5, 0.6) is 0 Å². The van der Waals surface area contributed by atoms with Gasteiger partial charge in [0.2, 0.25) is 15.9 Å². The Labute approximate surface area is 169 Å². The first-order valence-electron chi connectivity index (χ1n) is 9.84. The van der Waals surface area contributed by atoms with Crippen molar-refractivity contribution in [2.75, 3.05) is 56.9 Å². The van der Waals surface area contributed by atoms with Crippen molar-refractivity contribution in [2.24, 2.45) is 0 Å². The van der Waals surface area contributed by atoms with E-state index in [2.05, 4.69) is 22.2 Å². The highest BCUT2D eigenvalue weighted by atomic mass is 32.2. The third kappa shape index (κ3) is 6.46. The smallest absolute Gasteiger partial charge is 0.243 e. The maximum absolute atomic E-state index is 12.6. The molecule has 1 amide bonds. The van der Waals surface area contributed by atoms with Gasteiger partial charge in [-0.1, -0.05) is 6.07 Å². The summed E-state index contributed by atoms with van der Waals surface area (Å²) in [5.41, 5.74) is 2.45. The van der Waals surface area contributed by atoms with Crippen molar-refractivity contribution in [2.45, 2.75) is 33.2 Å². The summed E-state index contributed by atoms with van der Waals surface area (Å²) in [6.45, 7) is 11.2. The molecule has 7 nitrogen and oxygen atoms in total. The molecule has 1 aliphatic heterocycles. The lowest BCUT2D eigenvalue weighted by Crippen LogP contribution is -2.48. The van der Waals surface area contributed by atoms with Gasteiger partial charge in [-0.15, -0.1) is 0 Å². The van der Waals surface area contributed by atoms with Gasteiger partial charge in [0.25, 0.3) is 0 Å². The van der Waals surface area contributed by atoms with Crippen LogP contribution < -0.4 is 9.62 Å². The summed E-state index contributed by atoms with van der Waals surface area (Å²) < 4.78 is 26.0. The molecule has 1 unspecified atom stereocenters. The van der Waals surface area contributed by atoms with Crippen LogP contribution in [0.3, 0.4) is 0 Å². The maximum Gasteiger partial charge on any atom is 0.243 e. The van der Waals surface area contributed by atoms with Gasteiger partial charge in [-0.3, -0.25) is 9.10 Å². The number of hydrogen-bond acceptors (Lipinski definition) is 5. The quantitative estimate of drug-likeness (QED) is 0.652. The predicted octanol–water partition coefficient (Wildman–Crippen LogP) is 1.21. The SMILES string of the molecule is Cc1cc(C)cc(N(C(C)C(=O)NCCCN2CCN(C)CC2)S(C)(=O)=O)c1. The van der Waals surface area contributed by atoms with Crippen LogP contribution in [0.2, 0.25) is 0 Å². The highest BCUT2D eigenvalue weighted by Crippen LogP contribution is 2.23. The lowest BCUT2D eigenvalue weighted by molar-refractivity contribution is -0.121. The fraction of sp³-hybridized carbons (Fsp3) is 0.650. The van der Waals surface area contributed by atoms with Gasteiger partial charge < -0.3 is 15.1 Å². The van der Waals surface area contributed by atoms with Gasteiger partial charge in [-0.2, -0.15) is 0 Å². The number of aryl methyl sites for hydroxylation is 2. The largest absolute Gasteiger partial charge is 0.354 e. The Kier molecular flexibility index (Phi) is 7.86. The van der Waals surface area contributed by atoms with Crippen LogP contribution in [-0.2, 0) is 14.8 Å². The summed E-state index contributed by atoms with van der Waals surface area (Å²) in [7, 11) is -1.46. The van der Waals surface area contributed by atoms with Crippen LogP contribution in [0.4, 0.5) is 5.69 Å². The summed E-state index contributed by atoms with van der Waals surface area (Å²) >= 11 is 0. The van der Waals surface area contributed by atoms with Gasteiger partial charge in [0.1, 0.15) is 6.04 Å². The normalized spacial score (nSPS) is 17.3. The molecule has 158 valence electrons. The van der Waals surface area contributed by atoms with E-state index in [4.69, 9.17) is 0 Å². The highest BCUT2D eigenvalue weighted by molar-refractivity contribution is 7.92. The third-order valence-electron chi connectivity index (χ3n) is 5.10. The van der Waals surface area contributed by atoms with Crippen molar-refractivity contribution in [3.05, 3.63) is 29.3 Å². The molecule has 1 fully saturated rings. The van der Waals surface area contributed by atoms with E-state index in [0.717, 1.165) is 56.5 Å². The molecular formula is C20H34N4O3S. The Bertz CT molecular complexity index is 753. The predicted molar refractivity (Wildman–Crippen MR) is 114 cm³/mol. The number of rotatable bonds is 8. The van der Waals surface area contributed by atoms with Crippen LogP contribution in [0.15, 0.2) is 18.2 Å². The lowest BCUT2D eigenvalue weighted by Gasteiger charge is -2.32. The van der Waals surface area contributed by atoms with Crippen molar-refractivity contribution in [3.63, 3.8) is 0 Å². The summed E-state index contributed by atoms with van der Waals surface area (Å²) in [6.07, 6.45) is 1.99. The molecule has 1 aromatic rings. The molecular weight excluding hydrogens is 376 g/mol. The molecule has 0 aliphatic carbocycles. The van der Waals surface area contributed by atoms with Crippen molar-refractivity contribution in [3.8, 4) is 0 Å². The number of anilines is 1. The number of benzene rings is 1. The zero-order valence-electron chi connectivity index (χ0n) is 17.7. The zero-order chi connectivity index (χ0) is 20.9. The summed E-state index contributed by atoms with van der Waals surface area (Å²) in [5, 5.41) is 2.90. The molecule has 0 saturated carbocycles. The summed E-state index contributed by atoms with van der Waals surface area (Å²) in [5.74, 6) is -0.275. The molecule has 1 N–H and O–H groups in total. The van der Waals surface area contributed by atoms with Gasteiger partial charge in [-0.25, -0.2) is 8.42 Å². The molecule has 0 spiro atoms. The van der Waals surface area contributed by atoms with Crippen LogP contribution >= 0.6 is 0 Å². The van der Waals surface area contributed by atoms with E-state index < -0.39 is 16.1 Å². The van der Waals surface area contributed by atoms with E-state index in [1.54, 1.807) is 19.1 Å². The molecule has 0 radical (unpaired) electrons. The van der Waals surface area contributed by atoms with Crippen LogP contribution in [0.1, 0.15) is 24.5 Å². The second-order valence-corrected chi connectivity index (χ2v) is 9.73.